The minimum absolute atomic E-state index is 0.0982. The molecule has 0 aromatic rings. The normalized spacial score (nSPS) is 13.0. The predicted octanol–water partition coefficient (Wildman–Crippen LogP) is 22.2. The molecule has 0 bridgehead atoms. The van der Waals surface area contributed by atoms with E-state index in [1.54, 1.807) is 0 Å². The summed E-state index contributed by atoms with van der Waals surface area (Å²) in [5.74, 6) is -0.936. The molecule has 6 heteroatoms. The van der Waals surface area contributed by atoms with E-state index in [0.717, 1.165) is 161 Å². The van der Waals surface area contributed by atoms with Gasteiger partial charge in [0.05, 0.1) is 0 Å². The molecule has 442 valence electrons. The summed E-state index contributed by atoms with van der Waals surface area (Å²) in [7, 11) is 0. The number of allylic oxidation sites excluding steroid dienone is 22. The van der Waals surface area contributed by atoms with Gasteiger partial charge in [0.25, 0.3) is 0 Å². The second-order valence-corrected chi connectivity index (χ2v) is 20.9. The van der Waals surface area contributed by atoms with Crippen molar-refractivity contribution in [3.8, 4) is 0 Å². The van der Waals surface area contributed by atoms with Gasteiger partial charge in [0.15, 0.2) is 6.10 Å². The van der Waals surface area contributed by atoms with Gasteiger partial charge in [-0.1, -0.05) is 257 Å². The summed E-state index contributed by atoms with van der Waals surface area (Å²) in [6, 6.07) is 0. The number of carbonyl (C=O) groups excluding carboxylic acids is 3. The number of ether oxygens (including phenoxy) is 3. The van der Waals surface area contributed by atoms with Crippen molar-refractivity contribution in [2.24, 2.45) is 0 Å². The van der Waals surface area contributed by atoms with E-state index < -0.39 is 6.10 Å². The van der Waals surface area contributed by atoms with E-state index in [-0.39, 0.29) is 31.1 Å². The second kappa shape index (κ2) is 65.1. The fourth-order valence-electron chi connectivity index (χ4n) is 8.54. The minimum Gasteiger partial charge on any atom is -0.462 e. The fourth-order valence-corrected chi connectivity index (χ4v) is 8.54. The first-order valence-corrected chi connectivity index (χ1v) is 32.2. The zero-order chi connectivity index (χ0) is 56.4. The molecule has 0 aliphatic rings. The van der Waals surface area contributed by atoms with Crippen LogP contribution in [0.1, 0.15) is 284 Å². The zero-order valence-corrected chi connectivity index (χ0v) is 50.6. The highest BCUT2D eigenvalue weighted by atomic mass is 16.6. The van der Waals surface area contributed by atoms with E-state index in [0.29, 0.717) is 19.3 Å². The van der Waals surface area contributed by atoms with Gasteiger partial charge < -0.3 is 14.2 Å². The van der Waals surface area contributed by atoms with Crippen molar-refractivity contribution < 1.29 is 28.6 Å². The molecule has 1 unspecified atom stereocenters. The molecule has 1 atom stereocenters. The highest BCUT2D eigenvalue weighted by molar-refractivity contribution is 5.71. The maximum absolute atomic E-state index is 12.9. The van der Waals surface area contributed by atoms with Crippen LogP contribution in [0.3, 0.4) is 0 Å². The number of hydrogen-bond acceptors (Lipinski definition) is 6. The van der Waals surface area contributed by atoms with E-state index in [1.165, 1.54) is 83.5 Å². The summed E-state index contributed by atoms with van der Waals surface area (Å²) in [5, 5.41) is 0. The fraction of sp³-hybridized carbons (Fsp3) is 0.653. The van der Waals surface area contributed by atoms with Crippen LogP contribution in [0.2, 0.25) is 0 Å². The predicted molar refractivity (Wildman–Crippen MR) is 339 cm³/mol. The van der Waals surface area contributed by atoms with Crippen LogP contribution >= 0.6 is 0 Å². The van der Waals surface area contributed by atoms with E-state index in [4.69, 9.17) is 14.2 Å². The molecule has 6 nitrogen and oxygen atoms in total. The van der Waals surface area contributed by atoms with Gasteiger partial charge in [-0.2, -0.15) is 0 Å². The Morgan fingerprint density at radius 2 is 0.500 bits per heavy atom. The molecular weight excluding hydrogens is 961 g/mol. The molecule has 0 radical (unpaired) electrons. The van der Waals surface area contributed by atoms with Crippen molar-refractivity contribution in [2.45, 2.75) is 290 Å². The van der Waals surface area contributed by atoms with Gasteiger partial charge >= 0.3 is 17.9 Å². The van der Waals surface area contributed by atoms with E-state index in [9.17, 15) is 14.4 Å². The van der Waals surface area contributed by atoms with Gasteiger partial charge in [0, 0.05) is 19.3 Å². The Morgan fingerprint density at radius 1 is 0.269 bits per heavy atom. The molecule has 78 heavy (non-hydrogen) atoms. The maximum atomic E-state index is 12.9. The van der Waals surface area contributed by atoms with Gasteiger partial charge in [0.2, 0.25) is 0 Å². The highest BCUT2D eigenvalue weighted by Crippen LogP contribution is 2.14. The number of esters is 3. The molecule has 0 aromatic heterocycles. The van der Waals surface area contributed by atoms with Crippen LogP contribution in [0, 0.1) is 0 Å². The monoisotopic (exact) mass is 1080 g/mol. The maximum Gasteiger partial charge on any atom is 0.306 e. The lowest BCUT2D eigenvalue weighted by Gasteiger charge is -2.18. The smallest absolute Gasteiger partial charge is 0.306 e. The Kier molecular flexibility index (Phi) is 61.4. The largest absolute Gasteiger partial charge is 0.462 e. The van der Waals surface area contributed by atoms with Crippen LogP contribution in [-0.2, 0) is 28.6 Å². The highest BCUT2D eigenvalue weighted by Gasteiger charge is 2.19. The lowest BCUT2D eigenvalue weighted by Crippen LogP contribution is -2.30. The quantitative estimate of drug-likeness (QED) is 0.0261. The topological polar surface area (TPSA) is 78.9 Å². The van der Waals surface area contributed by atoms with E-state index in [2.05, 4.69) is 154 Å². The lowest BCUT2D eigenvalue weighted by molar-refractivity contribution is -0.167. The molecule has 0 aliphatic carbocycles. The Morgan fingerprint density at radius 3 is 0.808 bits per heavy atom. The summed E-state index contributed by atoms with van der Waals surface area (Å²) in [5.41, 5.74) is 0. The molecule has 0 aromatic carbocycles. The third-order valence-electron chi connectivity index (χ3n) is 13.4. The third-order valence-corrected chi connectivity index (χ3v) is 13.4. The number of rotatable bonds is 57. The van der Waals surface area contributed by atoms with Gasteiger partial charge in [-0.15, -0.1) is 0 Å². The number of unbranched alkanes of at least 4 members (excludes halogenated alkanes) is 24. The summed E-state index contributed by atoms with van der Waals surface area (Å²) < 4.78 is 16.9. The molecule has 0 heterocycles. The van der Waals surface area contributed by atoms with Crippen molar-refractivity contribution in [1.82, 2.24) is 0 Å². The molecule has 0 rings (SSSR count). The summed E-state index contributed by atoms with van der Waals surface area (Å²) in [6.45, 7) is 6.46. The van der Waals surface area contributed by atoms with Crippen molar-refractivity contribution in [1.29, 1.82) is 0 Å². The molecule has 0 saturated heterocycles. The molecule has 0 N–H and O–H groups in total. The molecule has 0 fully saturated rings. The van der Waals surface area contributed by atoms with Gasteiger partial charge in [-0.3, -0.25) is 14.4 Å². The van der Waals surface area contributed by atoms with Crippen LogP contribution < -0.4 is 0 Å². The van der Waals surface area contributed by atoms with Crippen LogP contribution in [-0.4, -0.2) is 37.2 Å². The SMILES string of the molecule is CC/C=C\C/C=C\C/C=C\C/C=C\C/C=C\C/C=C\C/C=C\CCCCCCCC(=O)OCC(COC(=O)CCCCCCC/C=C\C/C=C\CCCCCC)OC(=O)CCCCCCCCC/C=C\C/C=C\CCCCC. The minimum atomic E-state index is -0.803. The summed E-state index contributed by atoms with van der Waals surface area (Å²) in [4.78, 5) is 38.3. The number of carbonyl (C=O) groups is 3. The van der Waals surface area contributed by atoms with Crippen LogP contribution in [0.5, 0.6) is 0 Å². The molecular formula is C72H118O6. The van der Waals surface area contributed by atoms with Crippen molar-refractivity contribution in [2.75, 3.05) is 13.2 Å². The van der Waals surface area contributed by atoms with E-state index >= 15 is 0 Å². The molecule has 0 spiro atoms. The lowest BCUT2D eigenvalue weighted by atomic mass is 10.1. The molecule has 0 saturated carbocycles. The Balaban J connectivity index is 4.44. The summed E-state index contributed by atoms with van der Waals surface area (Å²) >= 11 is 0. The second-order valence-electron chi connectivity index (χ2n) is 20.9. The Bertz CT molecular complexity index is 1670. The van der Waals surface area contributed by atoms with Crippen molar-refractivity contribution in [3.05, 3.63) is 134 Å². The first-order valence-electron chi connectivity index (χ1n) is 32.2. The first-order chi connectivity index (χ1) is 38.5. The van der Waals surface area contributed by atoms with Crippen LogP contribution in [0.25, 0.3) is 0 Å². The Hall–Kier alpha value is -4.45. The van der Waals surface area contributed by atoms with Gasteiger partial charge in [-0.25, -0.2) is 0 Å². The number of hydrogen-bond donors (Lipinski definition) is 0. The van der Waals surface area contributed by atoms with Gasteiger partial charge in [-0.05, 0) is 141 Å². The molecule has 0 amide bonds. The average molecular weight is 1080 g/mol. The standard InChI is InChI=1S/C72H118O6/c1-4-7-10-13-16-19-22-25-28-31-32-33-34-35-36-37-38-39-40-42-44-47-50-53-56-59-62-65-71(74)77-68-69(67-76-70(73)64-61-58-55-52-49-46-43-30-27-24-21-18-15-12-9-6-3)78-72(75)66-63-60-57-54-51-48-45-41-29-26-23-20-17-14-11-8-5-2/h7,10,16-17,19-21,24-26,28-30,32-33,35-36,38-39,42-44,69H,4-6,8-9,11-15,18,22-23,27,31,34,37,40-41,45-68H2,1-3H3/b10-7-,19-16-,20-17-,24-21-,28-25-,29-26-,33-32-,36-35-,39-38-,43-30-,44-42-. The zero-order valence-electron chi connectivity index (χ0n) is 50.6. The van der Waals surface area contributed by atoms with Gasteiger partial charge in [0.1, 0.15) is 13.2 Å². The first kappa shape index (κ1) is 73.5. The molecule has 0 aliphatic heterocycles. The Labute approximate surface area is 481 Å². The average Bonchev–Trinajstić information content (AvgIpc) is 3.44. The van der Waals surface area contributed by atoms with Crippen molar-refractivity contribution >= 4 is 17.9 Å². The summed E-state index contributed by atoms with van der Waals surface area (Å²) in [6.07, 6.45) is 91.6. The van der Waals surface area contributed by atoms with E-state index in [1.807, 2.05) is 0 Å². The van der Waals surface area contributed by atoms with Crippen molar-refractivity contribution in [3.63, 3.8) is 0 Å². The van der Waals surface area contributed by atoms with Crippen LogP contribution in [0.15, 0.2) is 134 Å². The third kappa shape index (κ3) is 62.4. The van der Waals surface area contributed by atoms with Crippen LogP contribution in [0.4, 0.5) is 0 Å².